The van der Waals surface area contributed by atoms with Gasteiger partial charge in [0.2, 0.25) is 0 Å². The van der Waals surface area contributed by atoms with Crippen LogP contribution in [0.25, 0.3) is 10.9 Å². The average Bonchev–Trinajstić information content (AvgIpc) is 2.59. The number of nitrogens with one attached hydrogen (secondary N) is 2. The van der Waals surface area contributed by atoms with Crippen LogP contribution in [0.2, 0.25) is 0 Å². The average molecular weight is 190 g/mol. The lowest BCUT2D eigenvalue weighted by Crippen LogP contribution is -2.11. The van der Waals surface area contributed by atoms with Gasteiger partial charge in [-0.2, -0.15) is 0 Å². The summed E-state index contributed by atoms with van der Waals surface area (Å²) in [5.74, 6) is 0.344. The van der Waals surface area contributed by atoms with Crippen molar-refractivity contribution in [1.29, 1.82) is 0 Å². The van der Waals surface area contributed by atoms with Crippen LogP contribution in [-0.2, 0) is 6.54 Å². The molecule has 1 heterocycles. The summed E-state index contributed by atoms with van der Waals surface area (Å²) in [4.78, 5) is 3.14. The summed E-state index contributed by atoms with van der Waals surface area (Å²) in [6, 6.07) is 5.52. The second-order valence-corrected chi connectivity index (χ2v) is 3.29. The molecule has 0 bridgehead atoms. The van der Waals surface area contributed by atoms with Crippen LogP contribution < -0.4 is 5.32 Å². The Morgan fingerprint density at radius 2 is 2.29 bits per heavy atom. The topological polar surface area (TPSA) is 48.0 Å². The molecule has 2 rings (SSSR count). The lowest BCUT2D eigenvalue weighted by atomic mass is 10.1. The number of hydrogen-bond donors (Lipinski definition) is 3. The van der Waals surface area contributed by atoms with Crippen molar-refractivity contribution in [2.45, 2.75) is 13.5 Å². The summed E-state index contributed by atoms with van der Waals surface area (Å²) in [5, 5.41) is 13.9. The highest BCUT2D eigenvalue weighted by Crippen LogP contribution is 2.27. The monoisotopic (exact) mass is 190 g/mol. The molecule has 0 aliphatic heterocycles. The van der Waals surface area contributed by atoms with Gasteiger partial charge in [0.15, 0.2) is 0 Å². The Morgan fingerprint density at radius 1 is 1.43 bits per heavy atom. The number of hydrogen-bond acceptors (Lipinski definition) is 2. The van der Waals surface area contributed by atoms with Crippen molar-refractivity contribution >= 4 is 10.9 Å². The van der Waals surface area contributed by atoms with Gasteiger partial charge >= 0.3 is 0 Å². The summed E-state index contributed by atoms with van der Waals surface area (Å²) in [6.07, 6.45) is 1.94. The van der Waals surface area contributed by atoms with Gasteiger partial charge < -0.3 is 15.4 Å². The molecule has 3 heteroatoms. The fraction of sp³-hybridized carbons (Fsp3) is 0.273. The van der Waals surface area contributed by atoms with Gasteiger partial charge in [0, 0.05) is 23.6 Å². The third-order valence-electron chi connectivity index (χ3n) is 2.33. The van der Waals surface area contributed by atoms with E-state index in [1.165, 1.54) is 0 Å². The standard InChI is InChI=1S/C11H14N2O/c1-2-12-6-8-7-13-9-4-3-5-10(14)11(8)9/h3-5,7,12-14H,2,6H2,1H3. The molecule has 74 valence electrons. The highest BCUT2D eigenvalue weighted by Gasteiger charge is 2.06. The van der Waals surface area contributed by atoms with Crippen LogP contribution in [0.5, 0.6) is 5.75 Å². The number of phenols is 1. The Labute approximate surface area is 82.8 Å². The van der Waals surface area contributed by atoms with Gasteiger partial charge in [-0.15, -0.1) is 0 Å². The molecule has 3 N–H and O–H groups in total. The minimum absolute atomic E-state index is 0.344. The molecule has 0 saturated carbocycles. The first-order valence-corrected chi connectivity index (χ1v) is 4.81. The molecule has 0 amide bonds. The van der Waals surface area contributed by atoms with Crippen molar-refractivity contribution in [2.75, 3.05) is 6.54 Å². The van der Waals surface area contributed by atoms with Gasteiger partial charge in [0.25, 0.3) is 0 Å². The molecule has 0 aliphatic rings. The van der Waals surface area contributed by atoms with Crippen LogP contribution >= 0.6 is 0 Å². The van der Waals surface area contributed by atoms with E-state index in [9.17, 15) is 5.11 Å². The molecule has 0 saturated heterocycles. The fourth-order valence-electron chi connectivity index (χ4n) is 1.63. The molecule has 0 radical (unpaired) electrons. The number of aromatic hydroxyl groups is 1. The number of phenolic OH excluding ortho intramolecular Hbond substituents is 1. The van der Waals surface area contributed by atoms with Crippen molar-refractivity contribution in [1.82, 2.24) is 10.3 Å². The van der Waals surface area contributed by atoms with Crippen molar-refractivity contribution in [3.8, 4) is 5.75 Å². The lowest BCUT2D eigenvalue weighted by Gasteiger charge is -2.01. The van der Waals surface area contributed by atoms with Gasteiger partial charge in [-0.25, -0.2) is 0 Å². The van der Waals surface area contributed by atoms with Crippen molar-refractivity contribution in [3.63, 3.8) is 0 Å². The molecule has 2 aromatic rings. The van der Waals surface area contributed by atoms with Crippen molar-refractivity contribution < 1.29 is 5.11 Å². The molecule has 0 fully saturated rings. The van der Waals surface area contributed by atoms with Crippen LogP contribution in [0.4, 0.5) is 0 Å². The molecule has 0 spiro atoms. The van der Waals surface area contributed by atoms with Crippen molar-refractivity contribution in [3.05, 3.63) is 30.0 Å². The van der Waals surface area contributed by atoms with E-state index in [-0.39, 0.29) is 0 Å². The molecule has 0 atom stereocenters. The Hall–Kier alpha value is -1.48. The van der Waals surface area contributed by atoms with E-state index in [1.54, 1.807) is 6.07 Å². The van der Waals surface area contributed by atoms with Gasteiger partial charge in [0.05, 0.1) is 0 Å². The van der Waals surface area contributed by atoms with Gasteiger partial charge in [0.1, 0.15) is 5.75 Å². The normalized spacial score (nSPS) is 10.9. The predicted octanol–water partition coefficient (Wildman–Crippen LogP) is 1.98. The van der Waals surface area contributed by atoms with E-state index in [0.717, 1.165) is 29.6 Å². The quantitative estimate of drug-likeness (QED) is 0.693. The summed E-state index contributed by atoms with van der Waals surface area (Å²) in [6.45, 7) is 3.78. The molecule has 1 aromatic heterocycles. The maximum atomic E-state index is 9.69. The molecular weight excluding hydrogens is 176 g/mol. The highest BCUT2D eigenvalue weighted by molar-refractivity contribution is 5.88. The molecule has 3 nitrogen and oxygen atoms in total. The zero-order chi connectivity index (χ0) is 9.97. The molecule has 1 aromatic carbocycles. The zero-order valence-corrected chi connectivity index (χ0v) is 8.17. The lowest BCUT2D eigenvalue weighted by molar-refractivity contribution is 0.481. The van der Waals surface area contributed by atoms with Gasteiger partial charge in [-0.1, -0.05) is 13.0 Å². The number of fused-ring (bicyclic) bond motifs is 1. The first kappa shape index (κ1) is 9.09. The van der Waals surface area contributed by atoms with E-state index in [2.05, 4.69) is 17.2 Å². The summed E-state index contributed by atoms with van der Waals surface area (Å²) < 4.78 is 0. The van der Waals surface area contributed by atoms with Crippen molar-refractivity contribution in [2.24, 2.45) is 0 Å². The molecular formula is C11H14N2O. The van der Waals surface area contributed by atoms with E-state index >= 15 is 0 Å². The summed E-state index contributed by atoms with van der Waals surface area (Å²) in [5.41, 5.74) is 2.10. The number of rotatable bonds is 3. The van der Waals surface area contributed by atoms with Crippen LogP contribution in [0.1, 0.15) is 12.5 Å². The van der Waals surface area contributed by atoms with E-state index in [4.69, 9.17) is 0 Å². The third kappa shape index (κ3) is 1.46. The SMILES string of the molecule is CCNCc1c[nH]c2cccc(O)c12. The van der Waals surface area contributed by atoms with E-state index < -0.39 is 0 Å². The van der Waals surface area contributed by atoms with Gasteiger partial charge in [-0.05, 0) is 24.2 Å². The first-order chi connectivity index (χ1) is 6.83. The number of aromatic nitrogens is 1. The molecule has 14 heavy (non-hydrogen) atoms. The Balaban J connectivity index is 2.45. The minimum atomic E-state index is 0.344. The molecule has 0 unspecified atom stereocenters. The smallest absolute Gasteiger partial charge is 0.125 e. The Morgan fingerprint density at radius 3 is 3.07 bits per heavy atom. The minimum Gasteiger partial charge on any atom is -0.507 e. The third-order valence-corrected chi connectivity index (χ3v) is 2.33. The second kappa shape index (κ2) is 3.72. The summed E-state index contributed by atoms with van der Waals surface area (Å²) in [7, 11) is 0. The first-order valence-electron chi connectivity index (χ1n) is 4.81. The largest absolute Gasteiger partial charge is 0.507 e. The van der Waals surface area contributed by atoms with Crippen LogP contribution in [0.3, 0.4) is 0 Å². The summed E-state index contributed by atoms with van der Waals surface area (Å²) >= 11 is 0. The Bertz CT molecular complexity index is 434. The maximum Gasteiger partial charge on any atom is 0.125 e. The predicted molar refractivity (Wildman–Crippen MR) is 57.3 cm³/mol. The van der Waals surface area contributed by atoms with Crippen LogP contribution in [-0.4, -0.2) is 16.6 Å². The zero-order valence-electron chi connectivity index (χ0n) is 8.17. The van der Waals surface area contributed by atoms with E-state index in [0.29, 0.717) is 5.75 Å². The number of H-pyrrole nitrogens is 1. The van der Waals surface area contributed by atoms with Gasteiger partial charge in [-0.3, -0.25) is 0 Å². The molecule has 0 aliphatic carbocycles. The number of benzene rings is 1. The Kier molecular flexibility index (Phi) is 2.41. The van der Waals surface area contributed by atoms with E-state index in [1.807, 2.05) is 18.3 Å². The van der Waals surface area contributed by atoms with Crippen LogP contribution in [0, 0.1) is 0 Å². The number of aromatic amines is 1. The van der Waals surface area contributed by atoms with Crippen LogP contribution in [0.15, 0.2) is 24.4 Å². The fourth-order valence-corrected chi connectivity index (χ4v) is 1.63. The maximum absolute atomic E-state index is 9.69. The second-order valence-electron chi connectivity index (χ2n) is 3.29. The highest BCUT2D eigenvalue weighted by atomic mass is 16.3.